The highest BCUT2D eigenvalue weighted by molar-refractivity contribution is 5.90. The smallest absolute Gasteiger partial charge is 0.155 e. The number of fused-ring (bicyclic) bond motifs is 1. The number of hydrogen-bond acceptors (Lipinski definition) is 3. The minimum atomic E-state index is 0.681. The maximum Gasteiger partial charge on any atom is 0.155 e. The van der Waals surface area contributed by atoms with Gasteiger partial charge in [0.2, 0.25) is 0 Å². The second-order valence-corrected chi connectivity index (χ2v) is 9.00. The fraction of sp³-hybridized carbons (Fsp3) is 0.625. The van der Waals surface area contributed by atoms with Crippen LogP contribution in [-0.4, -0.2) is 41.4 Å². The Morgan fingerprint density at radius 3 is 2.68 bits per heavy atom. The van der Waals surface area contributed by atoms with E-state index >= 15 is 0 Å². The number of allylic oxidation sites excluding steroid dienone is 2. The van der Waals surface area contributed by atoms with E-state index in [9.17, 15) is 0 Å². The van der Waals surface area contributed by atoms with Crippen molar-refractivity contribution in [2.75, 3.05) is 32.0 Å². The van der Waals surface area contributed by atoms with Crippen molar-refractivity contribution < 1.29 is 0 Å². The largest absolute Gasteiger partial charge is 0.371 e. The third-order valence-electron chi connectivity index (χ3n) is 7.10. The Morgan fingerprint density at radius 1 is 1.18 bits per heavy atom. The molecule has 1 aromatic heterocycles. The van der Waals surface area contributed by atoms with Crippen molar-refractivity contribution in [3.63, 3.8) is 0 Å². The summed E-state index contributed by atoms with van der Waals surface area (Å²) in [7, 11) is 3.98. The molecule has 1 aliphatic carbocycles. The van der Waals surface area contributed by atoms with Crippen molar-refractivity contribution in [1.82, 2.24) is 14.7 Å². The quantitative estimate of drug-likeness (QED) is 0.738. The van der Waals surface area contributed by atoms with Gasteiger partial charge in [-0.15, -0.1) is 0 Å². The molecule has 152 valence electrons. The molecule has 1 fully saturated rings. The molecular formula is C24H36N4. The molecule has 2 heterocycles. The average Bonchev–Trinajstić information content (AvgIpc) is 3.04. The van der Waals surface area contributed by atoms with Crippen molar-refractivity contribution in [1.29, 1.82) is 0 Å². The normalized spacial score (nSPS) is 26.8. The van der Waals surface area contributed by atoms with E-state index in [2.05, 4.69) is 59.5 Å². The Hall–Kier alpha value is -1.81. The van der Waals surface area contributed by atoms with Gasteiger partial charge < -0.3 is 10.2 Å². The second kappa shape index (κ2) is 8.28. The van der Waals surface area contributed by atoms with Crippen LogP contribution in [0.5, 0.6) is 0 Å². The van der Waals surface area contributed by atoms with Crippen LogP contribution >= 0.6 is 0 Å². The Bertz CT molecular complexity index is 828. The minimum Gasteiger partial charge on any atom is -0.371 e. The number of aromatic nitrogens is 2. The van der Waals surface area contributed by atoms with Crippen LogP contribution in [0.4, 0.5) is 5.82 Å². The fourth-order valence-electron chi connectivity index (χ4n) is 5.39. The van der Waals surface area contributed by atoms with Gasteiger partial charge >= 0.3 is 0 Å². The van der Waals surface area contributed by atoms with Gasteiger partial charge in [0.05, 0.1) is 5.52 Å². The van der Waals surface area contributed by atoms with Gasteiger partial charge in [-0.1, -0.05) is 32.1 Å². The van der Waals surface area contributed by atoms with Crippen LogP contribution in [0, 0.1) is 17.8 Å². The van der Waals surface area contributed by atoms with Gasteiger partial charge in [0.15, 0.2) is 5.82 Å². The predicted octanol–water partition coefficient (Wildman–Crippen LogP) is 5.03. The molecule has 4 rings (SSSR count). The number of rotatable bonds is 5. The van der Waals surface area contributed by atoms with Crippen molar-refractivity contribution in [3.05, 3.63) is 35.9 Å². The molecule has 1 aliphatic heterocycles. The lowest BCUT2D eigenvalue weighted by atomic mass is 9.77. The van der Waals surface area contributed by atoms with Crippen LogP contribution in [0.3, 0.4) is 0 Å². The Labute approximate surface area is 170 Å². The Balaban J connectivity index is 1.39. The van der Waals surface area contributed by atoms with Gasteiger partial charge in [-0.05, 0) is 80.1 Å². The van der Waals surface area contributed by atoms with Crippen molar-refractivity contribution in [3.8, 4) is 0 Å². The van der Waals surface area contributed by atoms with Gasteiger partial charge in [0.25, 0.3) is 0 Å². The number of likely N-dealkylation sites (tertiary alicyclic amines) is 1. The summed E-state index contributed by atoms with van der Waals surface area (Å²) >= 11 is 0. The topological polar surface area (TPSA) is 33.1 Å². The molecule has 0 bridgehead atoms. The number of hydrogen-bond donors (Lipinski definition) is 1. The summed E-state index contributed by atoms with van der Waals surface area (Å²) in [6, 6.07) is 6.94. The number of aryl methyl sites for hydroxylation is 1. The molecule has 2 aliphatic rings. The first-order valence-corrected chi connectivity index (χ1v) is 11.1. The highest BCUT2D eigenvalue weighted by Gasteiger charge is 2.28. The molecule has 1 N–H and O–H groups in total. The Morgan fingerprint density at radius 2 is 1.96 bits per heavy atom. The fourth-order valence-corrected chi connectivity index (χ4v) is 5.39. The molecule has 0 amide bonds. The first kappa shape index (κ1) is 19.5. The molecule has 0 radical (unpaired) electrons. The number of nitrogens with zero attached hydrogens (tertiary/aromatic N) is 3. The summed E-state index contributed by atoms with van der Waals surface area (Å²) < 4.78 is 2.00. The van der Waals surface area contributed by atoms with Gasteiger partial charge in [0, 0.05) is 26.0 Å². The highest BCUT2D eigenvalue weighted by Crippen LogP contribution is 2.35. The van der Waals surface area contributed by atoms with E-state index in [1.54, 1.807) is 0 Å². The molecule has 2 aromatic rings. The molecule has 4 nitrogen and oxygen atoms in total. The number of nitrogens with one attached hydrogen (secondary N) is 1. The molecule has 0 spiro atoms. The third kappa shape index (κ3) is 3.84. The molecule has 2 unspecified atom stereocenters. The van der Waals surface area contributed by atoms with Crippen LogP contribution in [0.25, 0.3) is 10.9 Å². The van der Waals surface area contributed by atoms with E-state index < -0.39 is 0 Å². The maximum atomic E-state index is 4.58. The van der Waals surface area contributed by atoms with E-state index in [0.717, 1.165) is 23.6 Å². The number of piperidine rings is 1. The van der Waals surface area contributed by atoms with Gasteiger partial charge in [-0.25, -0.2) is 0 Å². The molecular weight excluding hydrogens is 344 g/mol. The summed E-state index contributed by atoms with van der Waals surface area (Å²) in [4.78, 5) is 2.73. The first-order valence-electron chi connectivity index (χ1n) is 11.1. The van der Waals surface area contributed by atoms with Crippen LogP contribution < -0.4 is 5.32 Å². The van der Waals surface area contributed by atoms with Crippen LogP contribution in [-0.2, 0) is 7.05 Å². The van der Waals surface area contributed by atoms with Crippen molar-refractivity contribution in [2.24, 2.45) is 24.8 Å². The zero-order valence-corrected chi connectivity index (χ0v) is 18.0. The van der Waals surface area contributed by atoms with Gasteiger partial charge in [-0.3, -0.25) is 4.68 Å². The van der Waals surface area contributed by atoms with Gasteiger partial charge in [0.1, 0.15) is 0 Å². The zero-order chi connectivity index (χ0) is 19.7. The standard InChI is InChI=1S/C24H36N4/c1-5-18-7-6-17(2)14-21(18)16-28-12-10-19(11-13-28)20-8-9-22-23(15-20)27(4)26-24(22)25-3/h6-9,15,17-19,21H,5,10-14,16H2,1-4H3,(H,25,26)/t17?,18-,21?/m1/s1. The number of benzene rings is 1. The SMILES string of the molecule is CC[C@@H]1C=CC(C)CC1CN1CCC(c2ccc3c(NC)nn(C)c3c2)CC1. The molecule has 0 saturated carbocycles. The van der Waals surface area contributed by atoms with Crippen LogP contribution in [0.15, 0.2) is 30.4 Å². The predicted molar refractivity (Wildman–Crippen MR) is 119 cm³/mol. The van der Waals surface area contributed by atoms with E-state index in [1.165, 1.54) is 61.8 Å². The molecule has 1 aromatic carbocycles. The van der Waals surface area contributed by atoms with E-state index in [4.69, 9.17) is 0 Å². The zero-order valence-electron chi connectivity index (χ0n) is 18.0. The lowest BCUT2D eigenvalue weighted by molar-refractivity contribution is 0.149. The maximum absolute atomic E-state index is 4.58. The van der Waals surface area contributed by atoms with Crippen molar-refractivity contribution in [2.45, 2.75) is 45.4 Å². The summed E-state index contributed by atoms with van der Waals surface area (Å²) in [6.45, 7) is 8.47. The first-order chi connectivity index (χ1) is 13.6. The van der Waals surface area contributed by atoms with Crippen LogP contribution in [0.1, 0.15) is 51.0 Å². The molecule has 1 saturated heterocycles. The highest BCUT2D eigenvalue weighted by atomic mass is 15.3. The summed E-state index contributed by atoms with van der Waals surface area (Å²) in [5.41, 5.74) is 2.72. The summed E-state index contributed by atoms with van der Waals surface area (Å²) in [6.07, 6.45) is 10.1. The minimum absolute atomic E-state index is 0.681. The lowest BCUT2D eigenvalue weighted by Crippen LogP contribution is -2.39. The molecule has 28 heavy (non-hydrogen) atoms. The van der Waals surface area contributed by atoms with E-state index in [0.29, 0.717) is 5.92 Å². The second-order valence-electron chi connectivity index (χ2n) is 9.00. The van der Waals surface area contributed by atoms with E-state index in [1.807, 2.05) is 18.8 Å². The third-order valence-corrected chi connectivity index (χ3v) is 7.10. The monoisotopic (exact) mass is 380 g/mol. The van der Waals surface area contributed by atoms with E-state index in [-0.39, 0.29) is 0 Å². The summed E-state index contributed by atoms with van der Waals surface area (Å²) in [5.74, 6) is 4.02. The van der Waals surface area contributed by atoms with Crippen LogP contribution in [0.2, 0.25) is 0 Å². The van der Waals surface area contributed by atoms with Crippen molar-refractivity contribution >= 4 is 16.7 Å². The summed E-state index contributed by atoms with van der Waals surface area (Å²) in [5, 5.41) is 9.01. The number of anilines is 1. The molecule has 4 heteroatoms. The van der Waals surface area contributed by atoms with Gasteiger partial charge in [-0.2, -0.15) is 5.10 Å². The Kier molecular flexibility index (Phi) is 5.77. The molecule has 3 atom stereocenters. The average molecular weight is 381 g/mol. The lowest BCUT2D eigenvalue weighted by Gasteiger charge is -2.38.